The van der Waals surface area contributed by atoms with E-state index >= 15 is 0 Å². The lowest BCUT2D eigenvalue weighted by molar-refractivity contribution is -0.124. The molecule has 1 unspecified atom stereocenters. The van der Waals surface area contributed by atoms with Crippen molar-refractivity contribution in [2.75, 3.05) is 20.8 Å². The predicted molar refractivity (Wildman–Crippen MR) is 70.7 cm³/mol. The molecule has 0 spiro atoms. The van der Waals surface area contributed by atoms with Gasteiger partial charge in [-0.05, 0) is 19.8 Å². The van der Waals surface area contributed by atoms with E-state index < -0.39 is 0 Å². The van der Waals surface area contributed by atoms with Crippen molar-refractivity contribution < 1.29 is 19.1 Å². The first-order valence-electron chi connectivity index (χ1n) is 6.32. The molecule has 0 saturated carbocycles. The molecule has 0 amide bonds. The number of hydrogen-bond acceptors (Lipinski definition) is 5. The highest BCUT2D eigenvalue weighted by atomic mass is 16.7. The summed E-state index contributed by atoms with van der Waals surface area (Å²) in [6.45, 7) is 2.67. The average Bonchev–Trinajstić information content (AvgIpc) is 2.87. The molecule has 2 rings (SSSR count). The lowest BCUT2D eigenvalue weighted by atomic mass is 10.2. The molecule has 1 heterocycles. The molecule has 1 fully saturated rings. The van der Waals surface area contributed by atoms with Crippen LogP contribution in [0.4, 0.5) is 0 Å². The van der Waals surface area contributed by atoms with Gasteiger partial charge in [-0.25, -0.2) is 0 Å². The highest BCUT2D eigenvalue weighted by molar-refractivity contribution is 5.58. The molecule has 5 nitrogen and oxygen atoms in total. The zero-order valence-corrected chi connectivity index (χ0v) is 11.5. The standard InChI is InChI=1S/C14H19NO4/c1-10-13(17-2)7-12(8-14(10)18-3)19-15-6-4-5-11(15)9-16/h7-9,11H,4-6H2,1-3H3. The van der Waals surface area contributed by atoms with Gasteiger partial charge in [0, 0.05) is 24.2 Å². The third-order valence-corrected chi connectivity index (χ3v) is 3.35. The highest BCUT2D eigenvalue weighted by Gasteiger charge is 2.26. The van der Waals surface area contributed by atoms with Crippen molar-refractivity contribution in [2.45, 2.75) is 25.8 Å². The van der Waals surface area contributed by atoms with E-state index in [4.69, 9.17) is 14.3 Å². The van der Waals surface area contributed by atoms with Gasteiger partial charge >= 0.3 is 0 Å². The van der Waals surface area contributed by atoms with Crippen molar-refractivity contribution in [2.24, 2.45) is 0 Å². The van der Waals surface area contributed by atoms with Crippen LogP contribution in [0.5, 0.6) is 17.2 Å². The second-order valence-corrected chi connectivity index (χ2v) is 4.53. The van der Waals surface area contributed by atoms with E-state index in [-0.39, 0.29) is 6.04 Å². The van der Waals surface area contributed by atoms with E-state index in [0.29, 0.717) is 17.2 Å². The zero-order valence-electron chi connectivity index (χ0n) is 11.5. The summed E-state index contributed by atoms with van der Waals surface area (Å²) in [6, 6.07) is 3.44. The van der Waals surface area contributed by atoms with Crippen LogP contribution in [-0.2, 0) is 4.79 Å². The first kappa shape index (κ1) is 13.7. The third kappa shape index (κ3) is 2.81. The minimum atomic E-state index is -0.168. The van der Waals surface area contributed by atoms with Crippen LogP contribution in [0, 0.1) is 6.92 Å². The van der Waals surface area contributed by atoms with Crippen LogP contribution in [0.3, 0.4) is 0 Å². The van der Waals surface area contributed by atoms with Crippen LogP contribution >= 0.6 is 0 Å². The van der Waals surface area contributed by atoms with E-state index in [0.717, 1.165) is 31.2 Å². The molecule has 0 radical (unpaired) electrons. The average molecular weight is 265 g/mol. The first-order valence-corrected chi connectivity index (χ1v) is 6.32. The summed E-state index contributed by atoms with van der Waals surface area (Å²) in [6.07, 6.45) is 2.73. The maximum absolute atomic E-state index is 10.9. The van der Waals surface area contributed by atoms with Gasteiger partial charge in [0.05, 0.1) is 14.2 Å². The molecule has 1 aliphatic rings. The van der Waals surface area contributed by atoms with Gasteiger partial charge in [-0.1, -0.05) is 0 Å². The van der Waals surface area contributed by atoms with Crippen LogP contribution < -0.4 is 14.3 Å². The summed E-state index contributed by atoms with van der Waals surface area (Å²) in [5.41, 5.74) is 0.922. The Bertz CT molecular complexity index is 436. The Balaban J connectivity index is 2.22. The summed E-state index contributed by atoms with van der Waals surface area (Å²) in [5.74, 6) is 2.03. The molecular weight excluding hydrogens is 246 g/mol. The second-order valence-electron chi connectivity index (χ2n) is 4.53. The predicted octanol–water partition coefficient (Wildman–Crippen LogP) is 1.97. The molecular formula is C14H19NO4. The quantitative estimate of drug-likeness (QED) is 0.762. The lowest BCUT2D eigenvalue weighted by Crippen LogP contribution is -2.33. The fraction of sp³-hybridized carbons (Fsp3) is 0.500. The van der Waals surface area contributed by atoms with Gasteiger partial charge in [-0.3, -0.25) is 0 Å². The van der Waals surface area contributed by atoms with Crippen molar-refractivity contribution >= 4 is 6.29 Å². The van der Waals surface area contributed by atoms with Crippen molar-refractivity contribution in [1.29, 1.82) is 0 Å². The molecule has 5 heteroatoms. The van der Waals surface area contributed by atoms with Gasteiger partial charge in [0.2, 0.25) is 0 Å². The summed E-state index contributed by atoms with van der Waals surface area (Å²) in [5, 5.41) is 1.70. The van der Waals surface area contributed by atoms with Gasteiger partial charge in [0.25, 0.3) is 0 Å². The van der Waals surface area contributed by atoms with E-state index in [1.165, 1.54) is 0 Å². The van der Waals surface area contributed by atoms with Crippen LogP contribution in [0.25, 0.3) is 0 Å². The smallest absolute Gasteiger partial charge is 0.154 e. The monoisotopic (exact) mass is 265 g/mol. The fourth-order valence-corrected chi connectivity index (χ4v) is 2.27. The Morgan fingerprint density at radius 2 is 1.89 bits per heavy atom. The van der Waals surface area contributed by atoms with E-state index in [9.17, 15) is 4.79 Å². The first-order chi connectivity index (χ1) is 9.19. The number of hydrogen-bond donors (Lipinski definition) is 0. The van der Waals surface area contributed by atoms with Gasteiger partial charge in [0.1, 0.15) is 23.8 Å². The normalized spacial score (nSPS) is 19.2. The Kier molecular flexibility index (Phi) is 4.27. The molecule has 19 heavy (non-hydrogen) atoms. The van der Waals surface area contributed by atoms with Crippen LogP contribution in [0.2, 0.25) is 0 Å². The van der Waals surface area contributed by atoms with Crippen molar-refractivity contribution in [3.05, 3.63) is 17.7 Å². The third-order valence-electron chi connectivity index (χ3n) is 3.35. The molecule has 104 valence electrons. The van der Waals surface area contributed by atoms with E-state index in [1.807, 2.05) is 6.92 Å². The number of carbonyl (C=O) groups is 1. The minimum Gasteiger partial charge on any atom is -0.496 e. The number of nitrogens with zero attached hydrogens (tertiary/aromatic N) is 1. The number of ether oxygens (including phenoxy) is 2. The Hall–Kier alpha value is -1.75. The number of rotatable bonds is 5. The number of benzene rings is 1. The van der Waals surface area contributed by atoms with Gasteiger partial charge in [-0.15, -0.1) is 5.06 Å². The van der Waals surface area contributed by atoms with Crippen LogP contribution in [0.15, 0.2) is 12.1 Å². The number of methoxy groups -OCH3 is 2. The van der Waals surface area contributed by atoms with Crippen molar-refractivity contribution in [3.8, 4) is 17.2 Å². The molecule has 1 aliphatic heterocycles. The van der Waals surface area contributed by atoms with Gasteiger partial charge in [-0.2, -0.15) is 0 Å². The second kappa shape index (κ2) is 5.93. The van der Waals surface area contributed by atoms with E-state index in [1.54, 1.807) is 31.4 Å². The minimum absolute atomic E-state index is 0.168. The van der Waals surface area contributed by atoms with Crippen LogP contribution in [-0.4, -0.2) is 38.2 Å². The number of hydroxylamine groups is 2. The summed E-state index contributed by atoms with van der Waals surface area (Å²) in [4.78, 5) is 16.7. The number of aldehydes is 1. The molecule has 1 aromatic carbocycles. The molecule has 0 bridgehead atoms. The zero-order chi connectivity index (χ0) is 13.8. The molecule has 1 aromatic rings. The summed E-state index contributed by atoms with van der Waals surface area (Å²) in [7, 11) is 3.21. The molecule has 1 saturated heterocycles. The van der Waals surface area contributed by atoms with Gasteiger partial charge in [0.15, 0.2) is 5.75 Å². The Labute approximate surface area is 113 Å². The van der Waals surface area contributed by atoms with Gasteiger partial charge < -0.3 is 19.1 Å². The largest absolute Gasteiger partial charge is 0.496 e. The van der Waals surface area contributed by atoms with Crippen molar-refractivity contribution in [3.63, 3.8) is 0 Å². The summed E-state index contributed by atoms with van der Waals surface area (Å²) < 4.78 is 10.6. The molecule has 1 atom stereocenters. The molecule has 0 N–H and O–H groups in total. The summed E-state index contributed by atoms with van der Waals surface area (Å²) >= 11 is 0. The highest BCUT2D eigenvalue weighted by Crippen LogP contribution is 2.34. The SMILES string of the molecule is COc1cc(ON2CCCC2C=O)cc(OC)c1C. The van der Waals surface area contributed by atoms with E-state index in [2.05, 4.69) is 0 Å². The lowest BCUT2D eigenvalue weighted by Gasteiger charge is -2.21. The molecule has 0 aliphatic carbocycles. The fourth-order valence-electron chi connectivity index (χ4n) is 2.27. The van der Waals surface area contributed by atoms with Crippen LogP contribution in [0.1, 0.15) is 18.4 Å². The maximum Gasteiger partial charge on any atom is 0.154 e. The Morgan fingerprint density at radius 3 is 2.42 bits per heavy atom. The molecule has 0 aromatic heterocycles. The Morgan fingerprint density at radius 1 is 1.26 bits per heavy atom. The topological polar surface area (TPSA) is 48.0 Å². The maximum atomic E-state index is 10.9. The number of carbonyl (C=O) groups excluding carboxylic acids is 1. The van der Waals surface area contributed by atoms with Crippen molar-refractivity contribution in [1.82, 2.24) is 5.06 Å².